The Morgan fingerprint density at radius 1 is 0.567 bits per heavy atom. The van der Waals surface area contributed by atoms with Gasteiger partial charge in [0.2, 0.25) is 0 Å². The second-order valence-corrected chi connectivity index (χ2v) is 9.16. The molecule has 0 heterocycles. The lowest BCUT2D eigenvalue weighted by Gasteiger charge is -2.22. The Labute approximate surface area is 177 Å². The topological polar surface area (TPSA) is 0 Å². The van der Waals surface area contributed by atoms with Crippen molar-refractivity contribution in [2.45, 2.75) is 26.2 Å². The molecule has 1 aliphatic rings. The van der Waals surface area contributed by atoms with Gasteiger partial charge in [-0.05, 0) is 74.0 Å². The summed E-state index contributed by atoms with van der Waals surface area (Å²) in [7, 11) is 0. The predicted molar refractivity (Wildman–Crippen MR) is 129 cm³/mol. The van der Waals surface area contributed by atoms with Crippen molar-refractivity contribution in [3.63, 3.8) is 0 Å². The molecule has 0 amide bonds. The molecule has 6 rings (SSSR count). The molecule has 0 heteroatoms. The summed E-state index contributed by atoms with van der Waals surface area (Å²) < 4.78 is 0. The molecular weight excluding hydrogens is 360 g/mol. The number of fused-ring (bicyclic) bond motifs is 6. The van der Waals surface area contributed by atoms with E-state index in [1.165, 1.54) is 60.5 Å². The molecule has 0 aromatic heterocycles. The monoisotopic (exact) mass is 384 g/mol. The summed E-state index contributed by atoms with van der Waals surface area (Å²) >= 11 is 0. The van der Waals surface area contributed by atoms with Gasteiger partial charge in [-0.1, -0.05) is 98.3 Å². The molecule has 0 unspecified atom stereocenters. The zero-order chi connectivity index (χ0) is 20.5. The molecule has 0 aliphatic heterocycles. The van der Waals surface area contributed by atoms with Crippen LogP contribution in [0, 0.1) is 6.92 Å². The van der Waals surface area contributed by atoms with Gasteiger partial charge in [-0.15, -0.1) is 0 Å². The summed E-state index contributed by atoms with van der Waals surface area (Å²) in [5.74, 6) is 0. The van der Waals surface area contributed by atoms with E-state index in [1.807, 2.05) is 0 Å². The number of rotatable bonds is 1. The summed E-state index contributed by atoms with van der Waals surface area (Å²) in [5, 5.41) is 5.27. The Kier molecular flexibility index (Phi) is 3.53. The van der Waals surface area contributed by atoms with Crippen LogP contribution in [-0.2, 0) is 5.41 Å². The van der Waals surface area contributed by atoms with E-state index in [1.54, 1.807) is 0 Å². The molecule has 0 fully saturated rings. The number of benzene rings is 5. The van der Waals surface area contributed by atoms with Crippen LogP contribution in [0.2, 0.25) is 0 Å². The standard InChI is InChI=1S/C30H24/c1-19-8-9-20-10-11-22(17-24(20)16-19)23-12-14-26-28(18-23)30(2,3)27-15-13-21-6-4-5-7-25(21)29(26)27/h4-18H,1-3H3. The molecule has 0 bridgehead atoms. The third-order valence-corrected chi connectivity index (χ3v) is 6.89. The van der Waals surface area contributed by atoms with E-state index in [0.29, 0.717) is 0 Å². The van der Waals surface area contributed by atoms with Gasteiger partial charge in [0, 0.05) is 5.41 Å². The Bertz CT molecular complexity index is 1470. The van der Waals surface area contributed by atoms with Crippen molar-refractivity contribution in [1.29, 1.82) is 0 Å². The van der Waals surface area contributed by atoms with Gasteiger partial charge in [0.05, 0.1) is 0 Å². The van der Waals surface area contributed by atoms with Gasteiger partial charge in [-0.25, -0.2) is 0 Å². The minimum absolute atomic E-state index is 0.00184. The maximum absolute atomic E-state index is 2.42. The Hall–Kier alpha value is -3.38. The fourth-order valence-electron chi connectivity index (χ4n) is 5.23. The maximum Gasteiger partial charge on any atom is 0.0159 e. The van der Waals surface area contributed by atoms with Gasteiger partial charge in [-0.2, -0.15) is 0 Å². The molecule has 0 saturated heterocycles. The summed E-state index contributed by atoms with van der Waals surface area (Å²) in [5.41, 5.74) is 9.53. The first-order chi connectivity index (χ1) is 14.5. The van der Waals surface area contributed by atoms with Crippen molar-refractivity contribution in [3.05, 3.63) is 108 Å². The van der Waals surface area contributed by atoms with E-state index in [9.17, 15) is 0 Å². The molecule has 0 nitrogen and oxygen atoms in total. The van der Waals surface area contributed by atoms with Gasteiger partial charge in [0.15, 0.2) is 0 Å². The van der Waals surface area contributed by atoms with E-state index in [2.05, 4.69) is 112 Å². The van der Waals surface area contributed by atoms with Crippen molar-refractivity contribution in [1.82, 2.24) is 0 Å². The SMILES string of the molecule is Cc1ccc2ccc(-c3ccc4c(c3)C(C)(C)c3ccc5ccccc5c3-4)cc2c1. The van der Waals surface area contributed by atoms with Crippen LogP contribution in [0.1, 0.15) is 30.5 Å². The third-order valence-electron chi connectivity index (χ3n) is 6.89. The highest BCUT2D eigenvalue weighted by molar-refractivity contribution is 6.03. The Morgan fingerprint density at radius 3 is 2.20 bits per heavy atom. The van der Waals surface area contributed by atoms with Crippen molar-refractivity contribution in [2.24, 2.45) is 0 Å². The van der Waals surface area contributed by atoms with Crippen molar-refractivity contribution < 1.29 is 0 Å². The molecule has 5 aromatic rings. The lowest BCUT2D eigenvalue weighted by molar-refractivity contribution is 0.661. The van der Waals surface area contributed by atoms with Gasteiger partial charge in [0.1, 0.15) is 0 Å². The highest BCUT2D eigenvalue weighted by Gasteiger charge is 2.36. The van der Waals surface area contributed by atoms with Crippen LogP contribution in [0.15, 0.2) is 91.0 Å². The summed E-state index contributed by atoms with van der Waals surface area (Å²) in [6, 6.07) is 33.9. The van der Waals surface area contributed by atoms with Crippen LogP contribution < -0.4 is 0 Å². The smallest absolute Gasteiger partial charge is 0.0159 e. The predicted octanol–water partition coefficient (Wildman–Crippen LogP) is 8.27. The molecule has 0 radical (unpaired) electrons. The second kappa shape index (κ2) is 6.06. The minimum Gasteiger partial charge on any atom is -0.0616 e. The molecular formula is C30H24. The van der Waals surface area contributed by atoms with Crippen LogP contribution in [0.3, 0.4) is 0 Å². The lowest BCUT2D eigenvalue weighted by Crippen LogP contribution is -2.15. The first-order valence-electron chi connectivity index (χ1n) is 10.7. The lowest BCUT2D eigenvalue weighted by atomic mass is 9.81. The first kappa shape index (κ1) is 17.5. The molecule has 1 aliphatic carbocycles. The Morgan fingerprint density at radius 2 is 1.30 bits per heavy atom. The highest BCUT2D eigenvalue weighted by Crippen LogP contribution is 2.52. The summed E-state index contributed by atoms with van der Waals surface area (Å²) in [6.45, 7) is 6.88. The molecule has 144 valence electrons. The van der Waals surface area contributed by atoms with E-state index >= 15 is 0 Å². The molecule has 5 aromatic carbocycles. The van der Waals surface area contributed by atoms with Gasteiger partial charge in [0.25, 0.3) is 0 Å². The summed E-state index contributed by atoms with van der Waals surface area (Å²) in [4.78, 5) is 0. The van der Waals surface area contributed by atoms with Crippen LogP contribution in [-0.4, -0.2) is 0 Å². The molecule has 0 spiro atoms. The normalized spacial score (nSPS) is 14.1. The van der Waals surface area contributed by atoms with E-state index < -0.39 is 0 Å². The first-order valence-corrected chi connectivity index (χ1v) is 10.7. The van der Waals surface area contributed by atoms with Crippen LogP contribution in [0.4, 0.5) is 0 Å². The van der Waals surface area contributed by atoms with E-state index in [4.69, 9.17) is 0 Å². The van der Waals surface area contributed by atoms with Crippen molar-refractivity contribution >= 4 is 21.5 Å². The van der Waals surface area contributed by atoms with E-state index in [0.717, 1.165) is 0 Å². The van der Waals surface area contributed by atoms with Crippen molar-refractivity contribution in [2.75, 3.05) is 0 Å². The fourth-order valence-corrected chi connectivity index (χ4v) is 5.23. The van der Waals surface area contributed by atoms with Crippen LogP contribution in [0.25, 0.3) is 43.8 Å². The van der Waals surface area contributed by atoms with E-state index in [-0.39, 0.29) is 5.41 Å². The molecule has 0 saturated carbocycles. The van der Waals surface area contributed by atoms with Crippen molar-refractivity contribution in [3.8, 4) is 22.3 Å². The maximum atomic E-state index is 2.42. The molecule has 30 heavy (non-hydrogen) atoms. The van der Waals surface area contributed by atoms with Gasteiger partial charge >= 0.3 is 0 Å². The largest absolute Gasteiger partial charge is 0.0616 e. The highest BCUT2D eigenvalue weighted by atomic mass is 14.4. The molecule has 0 N–H and O–H groups in total. The quantitative estimate of drug-likeness (QED) is 0.273. The fraction of sp³-hybridized carbons (Fsp3) is 0.133. The molecule has 0 atom stereocenters. The second-order valence-electron chi connectivity index (χ2n) is 9.16. The number of aryl methyl sites for hydroxylation is 1. The van der Waals surface area contributed by atoms with Crippen LogP contribution >= 0.6 is 0 Å². The average Bonchev–Trinajstić information content (AvgIpc) is 3.00. The summed E-state index contributed by atoms with van der Waals surface area (Å²) in [6.07, 6.45) is 0. The zero-order valence-corrected chi connectivity index (χ0v) is 17.7. The zero-order valence-electron chi connectivity index (χ0n) is 17.7. The minimum atomic E-state index is -0.00184. The number of hydrogen-bond acceptors (Lipinski definition) is 0. The number of hydrogen-bond donors (Lipinski definition) is 0. The third kappa shape index (κ3) is 2.40. The van der Waals surface area contributed by atoms with Crippen LogP contribution in [0.5, 0.6) is 0 Å². The Balaban J connectivity index is 1.57. The van der Waals surface area contributed by atoms with Gasteiger partial charge < -0.3 is 0 Å². The van der Waals surface area contributed by atoms with Gasteiger partial charge in [-0.3, -0.25) is 0 Å². The average molecular weight is 385 g/mol.